The molecule has 5 nitrogen and oxygen atoms in total. The number of halogens is 2. The normalized spacial score (nSPS) is 22.1. The molecule has 0 unspecified atom stereocenters. The second-order valence-electron chi connectivity index (χ2n) is 11.6. The Morgan fingerprint density at radius 3 is 1.71 bits per heavy atom. The molecule has 3 aromatic rings. The largest absolute Gasteiger partial charge is 0.690 e. The molecule has 3 aliphatic rings. The molecule has 2 heterocycles. The van der Waals surface area contributed by atoms with Crippen LogP contribution in [0, 0.1) is 0 Å². The van der Waals surface area contributed by atoms with Crippen molar-refractivity contribution in [2.75, 3.05) is 5.34 Å². The number of fused-ring (bicyclic) bond motifs is 5. The number of alkyl halides is 2. The molecule has 0 aromatic heterocycles. The number of benzene rings is 3. The second kappa shape index (κ2) is 9.25. The van der Waals surface area contributed by atoms with E-state index in [1.54, 1.807) is 0 Å². The summed E-state index contributed by atoms with van der Waals surface area (Å²) in [6.07, 6.45) is 0. The van der Waals surface area contributed by atoms with E-state index >= 15 is 0 Å². The second-order valence-corrected chi connectivity index (χ2v) is 17.1. The Labute approximate surface area is 235 Å². The van der Waals surface area contributed by atoms with Crippen molar-refractivity contribution in [2.24, 2.45) is 0 Å². The summed E-state index contributed by atoms with van der Waals surface area (Å²) in [4.78, 5) is 14.8. The predicted octanol–water partition coefficient (Wildman–Crippen LogP) is 8.61. The molecule has 1 aliphatic carbocycles. The number of carbonyl (C=O) groups excluding carboxylic acids is 1. The fourth-order valence-corrected chi connectivity index (χ4v) is 13.0. The third-order valence-electron chi connectivity index (χ3n) is 7.39. The lowest BCUT2D eigenvalue weighted by molar-refractivity contribution is 0.0502. The predicted molar refractivity (Wildman–Crippen MR) is 157 cm³/mol. The summed E-state index contributed by atoms with van der Waals surface area (Å²) in [5.41, 5.74) is 3.35. The summed E-state index contributed by atoms with van der Waals surface area (Å²) in [6.45, 7) is 10.1. The van der Waals surface area contributed by atoms with Crippen LogP contribution in [0.1, 0.15) is 57.5 Å². The van der Waals surface area contributed by atoms with Gasteiger partial charge >= 0.3 is 6.96 Å². The average Bonchev–Trinajstić information content (AvgIpc) is 3.38. The van der Waals surface area contributed by atoms with Crippen LogP contribution in [0.15, 0.2) is 72.8 Å². The summed E-state index contributed by atoms with van der Waals surface area (Å²) in [5, 5.41) is -2.10. The number of rotatable bonds is 0. The van der Waals surface area contributed by atoms with Crippen molar-refractivity contribution in [3.8, 4) is 22.6 Å². The van der Waals surface area contributed by atoms with E-state index in [0.717, 1.165) is 16.7 Å². The molecule has 1 atom stereocenters. The van der Waals surface area contributed by atoms with E-state index in [2.05, 4.69) is 47.6 Å². The molecule has 6 rings (SSSR count). The highest BCUT2D eigenvalue weighted by Gasteiger charge is 2.85. The quantitative estimate of drug-likeness (QED) is 0.153. The third-order valence-corrected chi connectivity index (χ3v) is 13.2. The third kappa shape index (κ3) is 3.68. The van der Waals surface area contributed by atoms with Crippen molar-refractivity contribution >= 4 is 43.4 Å². The van der Waals surface area contributed by atoms with Gasteiger partial charge in [-0.15, -0.1) is 23.2 Å². The molecule has 1 saturated heterocycles. The van der Waals surface area contributed by atoms with Gasteiger partial charge in [-0.05, 0) is 64.8 Å². The van der Waals surface area contributed by atoms with Gasteiger partial charge in [-0.25, -0.2) is 0 Å². The zero-order valence-electron chi connectivity index (χ0n) is 22.5. The molecule has 3 aromatic carbocycles. The van der Waals surface area contributed by atoms with Crippen molar-refractivity contribution in [3.63, 3.8) is 0 Å². The first-order valence-electron chi connectivity index (χ1n) is 12.6. The summed E-state index contributed by atoms with van der Waals surface area (Å²) in [5.74, 6) is 1.02. The van der Waals surface area contributed by atoms with E-state index in [1.807, 2.05) is 66.7 Å². The summed E-state index contributed by atoms with van der Waals surface area (Å²) >= 11 is 9.53. The van der Waals surface area contributed by atoms with E-state index in [9.17, 15) is 4.79 Å². The van der Waals surface area contributed by atoms with Crippen LogP contribution in [0.4, 0.5) is 0 Å². The first-order valence-corrected chi connectivity index (χ1v) is 15.4. The Morgan fingerprint density at radius 2 is 1.18 bits per heavy atom. The lowest BCUT2D eigenvalue weighted by Crippen LogP contribution is -2.52. The molecule has 200 valence electrons. The number of para-hydroxylation sites is 2. The zero-order chi connectivity index (χ0) is 27.6. The molecule has 0 saturated carbocycles. The van der Waals surface area contributed by atoms with Crippen molar-refractivity contribution < 1.29 is 23.2 Å². The van der Waals surface area contributed by atoms with Gasteiger partial charge in [-0.3, -0.25) is 4.79 Å². The highest BCUT2D eigenvalue weighted by atomic mass is 35.5. The van der Waals surface area contributed by atoms with E-state index < -0.39 is 30.1 Å². The highest BCUT2D eigenvalue weighted by molar-refractivity contribution is 7.77. The van der Waals surface area contributed by atoms with E-state index in [4.69, 9.17) is 41.6 Å². The Balaban J connectivity index is 0.000000937. The van der Waals surface area contributed by atoms with Gasteiger partial charge in [0.05, 0.1) is 15.7 Å². The first-order chi connectivity index (χ1) is 17.9. The highest BCUT2D eigenvalue weighted by Crippen LogP contribution is 2.92. The minimum Gasteiger partial charge on any atom is -0.630 e. The lowest BCUT2D eigenvalue weighted by Gasteiger charge is -2.53. The molecule has 0 amide bonds. The summed E-state index contributed by atoms with van der Waals surface area (Å²) in [6, 6.07) is 23.2. The van der Waals surface area contributed by atoms with Gasteiger partial charge in [0.15, 0.2) is 7.49 Å². The minimum atomic E-state index is -2.90. The molecule has 2 spiro atoms. The van der Waals surface area contributed by atoms with Crippen molar-refractivity contribution in [2.45, 2.75) is 57.2 Å². The van der Waals surface area contributed by atoms with Gasteiger partial charge in [0, 0.05) is 11.1 Å². The molecule has 0 bridgehead atoms. The molecular weight excluding hydrogens is 541 g/mol. The smallest absolute Gasteiger partial charge is 0.630 e. The Bertz CT molecular complexity index is 1360. The van der Waals surface area contributed by atoms with Gasteiger partial charge in [-0.2, -0.15) is 0 Å². The van der Waals surface area contributed by atoms with E-state index in [1.165, 1.54) is 0 Å². The van der Waals surface area contributed by atoms with Crippen LogP contribution in [0.2, 0.25) is 0 Å². The standard InChI is InChI=1S/C28H30BO5P.CH2Cl2/c1-26(2,3)35(27(4,5)6)28(33-29(34-35)31-23-17-11-12-18-24(23)32-29)22-16-10-9-14-20(22)19-13-7-8-15-21(19)25(28)30;2-1-3/h7-18H,1-6H3;1H2/t28-;/m0./s1. The molecule has 0 radical (unpaired) electrons. The lowest BCUT2D eigenvalue weighted by atomic mass is 9.81. The number of Topliss-reactive ketones (excluding diaryl/α,β-unsaturated/α-hetero) is 1. The van der Waals surface area contributed by atoms with Crippen LogP contribution < -0.4 is 9.31 Å². The molecular formula is C29H32BCl2O5P. The monoisotopic (exact) mass is 572 g/mol. The number of hydrogen-bond acceptors (Lipinski definition) is 5. The van der Waals surface area contributed by atoms with E-state index in [0.29, 0.717) is 17.1 Å². The minimum absolute atomic E-state index is 0.0908. The Kier molecular flexibility index (Phi) is 6.69. The SMILES string of the molecule is CC(C)(C)[P+]1(C(C)(C)C)O[B-]2(Oc3ccccc3O2)O[C@]12C(=O)c1ccccc1-c1ccccc12.ClCCl. The molecule has 9 heteroatoms. The van der Waals surface area contributed by atoms with Crippen LogP contribution in [-0.4, -0.2) is 28.4 Å². The van der Waals surface area contributed by atoms with E-state index in [-0.39, 0.29) is 11.1 Å². The maximum atomic E-state index is 14.8. The molecule has 2 aliphatic heterocycles. The Hall–Kier alpha value is -2.08. The van der Waals surface area contributed by atoms with Crippen LogP contribution in [0.3, 0.4) is 0 Å². The van der Waals surface area contributed by atoms with Crippen LogP contribution in [-0.2, 0) is 14.4 Å². The van der Waals surface area contributed by atoms with Crippen molar-refractivity contribution in [3.05, 3.63) is 83.9 Å². The van der Waals surface area contributed by atoms with Crippen LogP contribution >= 0.6 is 30.7 Å². The van der Waals surface area contributed by atoms with Gasteiger partial charge in [-0.1, -0.05) is 60.7 Å². The number of hydrogen-bond donors (Lipinski definition) is 0. The number of ketones is 1. The first kappa shape index (κ1) is 27.5. The van der Waals surface area contributed by atoms with Crippen LogP contribution in [0.5, 0.6) is 11.5 Å². The summed E-state index contributed by atoms with van der Waals surface area (Å²) in [7, 11) is -2.90. The van der Waals surface area contributed by atoms with Gasteiger partial charge in [0.25, 0.3) is 5.34 Å². The number of carbonyl (C=O) groups is 1. The average molecular weight is 573 g/mol. The van der Waals surface area contributed by atoms with Crippen molar-refractivity contribution in [1.82, 2.24) is 0 Å². The molecule has 38 heavy (non-hydrogen) atoms. The maximum absolute atomic E-state index is 14.8. The maximum Gasteiger partial charge on any atom is 0.690 e. The van der Waals surface area contributed by atoms with Crippen LogP contribution in [0.25, 0.3) is 11.1 Å². The fraction of sp³-hybridized carbons (Fsp3) is 0.345. The van der Waals surface area contributed by atoms with Gasteiger partial charge < -0.3 is 18.4 Å². The zero-order valence-corrected chi connectivity index (χ0v) is 24.9. The Morgan fingerprint density at radius 1 is 0.737 bits per heavy atom. The van der Waals surface area contributed by atoms with Crippen molar-refractivity contribution in [1.29, 1.82) is 0 Å². The topological polar surface area (TPSA) is 54.0 Å². The molecule has 1 fully saturated rings. The molecule has 0 N–H and O–H groups in total. The fourth-order valence-electron chi connectivity index (χ4n) is 6.57. The summed E-state index contributed by atoms with van der Waals surface area (Å²) < 4.78 is 26.8. The van der Waals surface area contributed by atoms with Gasteiger partial charge in [0.1, 0.15) is 11.5 Å². The van der Waals surface area contributed by atoms with Gasteiger partial charge in [0.2, 0.25) is 5.78 Å².